The van der Waals surface area contributed by atoms with Gasteiger partial charge in [-0.3, -0.25) is 10.1 Å². The van der Waals surface area contributed by atoms with Crippen LogP contribution in [0, 0.1) is 0 Å². The zero-order valence-corrected chi connectivity index (χ0v) is 11.3. The largest absolute Gasteiger partial charge is 0.478 e. The monoisotopic (exact) mass is 269 g/mol. The van der Waals surface area contributed by atoms with Crippen LogP contribution in [0.15, 0.2) is 11.1 Å². The number of hydrogen-bond donors (Lipinski definition) is 3. The molecular weight excluding hydrogens is 250 g/mol. The maximum absolute atomic E-state index is 11.6. The highest BCUT2D eigenvalue weighted by molar-refractivity contribution is 6.07. The van der Waals surface area contributed by atoms with E-state index in [0.29, 0.717) is 0 Å². The lowest BCUT2D eigenvalue weighted by Crippen LogP contribution is -2.45. The minimum atomic E-state index is -1.18. The number of nitrogens with one attached hydrogen (secondary N) is 2. The van der Waals surface area contributed by atoms with Gasteiger partial charge in [0, 0.05) is 23.7 Å². The maximum Gasteiger partial charge on any atom is 0.331 e. The van der Waals surface area contributed by atoms with Crippen LogP contribution >= 0.6 is 0 Å². The molecule has 0 bridgehead atoms. The number of carbonyl (C=O) groups is 3. The molecule has 106 valence electrons. The second kappa shape index (κ2) is 6.33. The van der Waals surface area contributed by atoms with Gasteiger partial charge in [0.1, 0.15) is 0 Å². The van der Waals surface area contributed by atoms with Crippen molar-refractivity contribution in [3.05, 3.63) is 11.1 Å². The van der Waals surface area contributed by atoms with E-state index in [-0.39, 0.29) is 17.2 Å². The van der Waals surface area contributed by atoms with E-state index in [1.165, 1.54) is 13.8 Å². The Balaban J connectivity index is 2.51. The van der Waals surface area contributed by atoms with Crippen molar-refractivity contribution in [2.75, 3.05) is 20.1 Å². The van der Waals surface area contributed by atoms with Gasteiger partial charge in [-0.15, -0.1) is 0 Å². The summed E-state index contributed by atoms with van der Waals surface area (Å²) in [5.74, 6) is -1.87. The summed E-state index contributed by atoms with van der Waals surface area (Å²) in [5, 5.41) is 13.6. The van der Waals surface area contributed by atoms with Crippen molar-refractivity contribution in [2.45, 2.75) is 26.3 Å². The zero-order valence-electron chi connectivity index (χ0n) is 11.3. The quantitative estimate of drug-likeness (QED) is 0.623. The summed E-state index contributed by atoms with van der Waals surface area (Å²) < 4.78 is 0. The van der Waals surface area contributed by atoms with Crippen molar-refractivity contribution >= 4 is 17.9 Å². The number of carboxylic acid groups (broad SMARTS) is 1. The molecule has 1 fully saturated rings. The first kappa shape index (κ1) is 15.2. The molecule has 1 heterocycles. The lowest BCUT2D eigenvalue weighted by molar-refractivity contribution is -0.133. The molecule has 1 aliphatic heterocycles. The van der Waals surface area contributed by atoms with E-state index < -0.39 is 17.9 Å². The van der Waals surface area contributed by atoms with Crippen LogP contribution in [0.1, 0.15) is 20.3 Å². The van der Waals surface area contributed by atoms with Crippen molar-refractivity contribution in [3.63, 3.8) is 0 Å². The van der Waals surface area contributed by atoms with E-state index in [1.54, 1.807) is 0 Å². The molecular formula is C12H19N3O4. The summed E-state index contributed by atoms with van der Waals surface area (Å²) in [6, 6.07) is -0.578. The van der Waals surface area contributed by atoms with Crippen molar-refractivity contribution in [3.8, 4) is 0 Å². The summed E-state index contributed by atoms with van der Waals surface area (Å²) in [6.07, 6.45) is 0.834. The number of nitrogens with zero attached hydrogens (tertiary/aromatic N) is 1. The van der Waals surface area contributed by atoms with Crippen LogP contribution < -0.4 is 10.6 Å². The molecule has 3 N–H and O–H groups in total. The zero-order chi connectivity index (χ0) is 14.6. The van der Waals surface area contributed by atoms with E-state index >= 15 is 0 Å². The minimum absolute atomic E-state index is 0.0163. The van der Waals surface area contributed by atoms with Crippen molar-refractivity contribution in [1.29, 1.82) is 0 Å². The molecule has 19 heavy (non-hydrogen) atoms. The van der Waals surface area contributed by atoms with Crippen molar-refractivity contribution < 1.29 is 19.5 Å². The summed E-state index contributed by atoms with van der Waals surface area (Å²) in [7, 11) is 1.95. The third kappa shape index (κ3) is 4.36. The Morgan fingerprint density at radius 1 is 1.21 bits per heavy atom. The van der Waals surface area contributed by atoms with Gasteiger partial charge in [0.2, 0.25) is 0 Å². The van der Waals surface area contributed by atoms with Gasteiger partial charge in [0.25, 0.3) is 5.91 Å². The molecule has 1 unspecified atom stereocenters. The van der Waals surface area contributed by atoms with Gasteiger partial charge in [-0.05, 0) is 33.9 Å². The predicted octanol–water partition coefficient (Wildman–Crippen LogP) is -0.0627. The number of carboxylic acids is 1. The fraction of sp³-hybridized carbons (Fsp3) is 0.583. The number of carbonyl (C=O) groups excluding carboxylic acids is 2. The predicted molar refractivity (Wildman–Crippen MR) is 68.6 cm³/mol. The van der Waals surface area contributed by atoms with Gasteiger partial charge in [-0.2, -0.15) is 0 Å². The molecule has 1 saturated heterocycles. The van der Waals surface area contributed by atoms with Crippen LogP contribution in [-0.4, -0.2) is 54.1 Å². The Morgan fingerprint density at radius 2 is 1.84 bits per heavy atom. The molecule has 0 aromatic carbocycles. The van der Waals surface area contributed by atoms with E-state index in [0.717, 1.165) is 19.5 Å². The molecule has 0 aliphatic carbocycles. The van der Waals surface area contributed by atoms with E-state index in [9.17, 15) is 14.4 Å². The Morgan fingerprint density at radius 3 is 2.32 bits per heavy atom. The van der Waals surface area contributed by atoms with Crippen molar-refractivity contribution in [2.24, 2.45) is 0 Å². The van der Waals surface area contributed by atoms with Gasteiger partial charge in [-0.25, -0.2) is 9.59 Å². The van der Waals surface area contributed by atoms with Crippen LogP contribution in [0.2, 0.25) is 0 Å². The normalized spacial score (nSPS) is 20.7. The molecule has 1 atom stereocenters. The molecule has 0 saturated carbocycles. The number of hydrogen-bond acceptors (Lipinski definition) is 4. The van der Waals surface area contributed by atoms with E-state index in [4.69, 9.17) is 5.11 Å². The highest BCUT2D eigenvalue weighted by atomic mass is 16.4. The average Bonchev–Trinajstić information content (AvgIpc) is 2.72. The Hall–Kier alpha value is -1.89. The number of urea groups is 1. The average molecular weight is 269 g/mol. The number of rotatable bonds is 3. The first-order valence-corrected chi connectivity index (χ1v) is 6.02. The topological polar surface area (TPSA) is 98.7 Å². The van der Waals surface area contributed by atoms with Crippen molar-refractivity contribution in [1.82, 2.24) is 15.5 Å². The second-order valence-corrected chi connectivity index (χ2v) is 4.73. The number of amides is 3. The molecule has 0 aromatic heterocycles. The summed E-state index contributed by atoms with van der Waals surface area (Å²) >= 11 is 0. The van der Waals surface area contributed by atoms with E-state index in [2.05, 4.69) is 15.5 Å². The van der Waals surface area contributed by atoms with E-state index in [1.807, 2.05) is 7.05 Å². The molecule has 3 amide bonds. The molecule has 0 aromatic rings. The lowest BCUT2D eigenvalue weighted by atomic mass is 10.1. The summed E-state index contributed by atoms with van der Waals surface area (Å²) in [5.41, 5.74) is -0.0583. The highest BCUT2D eigenvalue weighted by Gasteiger charge is 2.22. The number of imide groups is 1. The van der Waals surface area contributed by atoms with Crippen LogP contribution in [0.25, 0.3) is 0 Å². The third-order valence-corrected chi connectivity index (χ3v) is 3.18. The first-order valence-electron chi connectivity index (χ1n) is 6.02. The number of aliphatic carboxylic acids is 1. The molecule has 7 nitrogen and oxygen atoms in total. The Bertz CT molecular complexity index is 431. The third-order valence-electron chi connectivity index (χ3n) is 3.18. The van der Waals surface area contributed by atoms with Crippen LogP contribution in [0.4, 0.5) is 4.79 Å². The first-order chi connectivity index (χ1) is 8.81. The SMILES string of the molecule is CC(C(=O)O)=C(C)C(=O)NC(=O)NC1CCN(C)C1. The molecule has 0 radical (unpaired) electrons. The standard InChI is InChI=1S/C12H19N3O4/c1-7(8(2)11(17)18)10(16)14-12(19)13-9-4-5-15(3)6-9/h9H,4-6H2,1-3H3,(H,17,18)(H2,13,14,16,19). The summed E-state index contributed by atoms with van der Waals surface area (Å²) in [4.78, 5) is 36.0. The van der Waals surface area contributed by atoms with Gasteiger partial charge in [0.05, 0.1) is 0 Å². The summed E-state index contributed by atoms with van der Waals surface area (Å²) in [6.45, 7) is 4.33. The smallest absolute Gasteiger partial charge is 0.331 e. The van der Waals surface area contributed by atoms with Crippen LogP contribution in [0.3, 0.4) is 0 Å². The molecule has 7 heteroatoms. The second-order valence-electron chi connectivity index (χ2n) is 4.73. The van der Waals surface area contributed by atoms with Crippen LogP contribution in [0.5, 0.6) is 0 Å². The minimum Gasteiger partial charge on any atom is -0.478 e. The fourth-order valence-electron chi connectivity index (χ4n) is 1.80. The number of likely N-dealkylation sites (N-methyl/N-ethyl adjacent to an activating group) is 1. The Labute approximate surface area is 111 Å². The maximum atomic E-state index is 11.6. The van der Waals surface area contributed by atoms with Gasteiger partial charge in [-0.1, -0.05) is 0 Å². The van der Waals surface area contributed by atoms with Gasteiger partial charge >= 0.3 is 12.0 Å². The van der Waals surface area contributed by atoms with Gasteiger partial charge < -0.3 is 15.3 Å². The molecule has 1 aliphatic rings. The molecule has 1 rings (SSSR count). The molecule has 0 spiro atoms. The Kier molecular flexibility index (Phi) is 5.05. The lowest BCUT2D eigenvalue weighted by Gasteiger charge is -2.13. The van der Waals surface area contributed by atoms with Gasteiger partial charge in [0.15, 0.2) is 0 Å². The van der Waals surface area contributed by atoms with Crippen LogP contribution in [-0.2, 0) is 9.59 Å². The fourth-order valence-corrected chi connectivity index (χ4v) is 1.80. The highest BCUT2D eigenvalue weighted by Crippen LogP contribution is 2.06. The number of likely N-dealkylation sites (tertiary alicyclic amines) is 1.